The summed E-state index contributed by atoms with van der Waals surface area (Å²) in [5.74, 6) is -3.24. The molecule has 4 atom stereocenters. The zero-order valence-electron chi connectivity index (χ0n) is 13.1. The summed E-state index contributed by atoms with van der Waals surface area (Å²) < 4.78 is 5.10. The highest BCUT2D eigenvalue weighted by Gasteiger charge is 2.51. The fourth-order valence-corrected chi connectivity index (χ4v) is 3.62. The van der Waals surface area contributed by atoms with Gasteiger partial charge in [-0.25, -0.2) is 0 Å². The fraction of sp³-hybridized carbons (Fsp3) is 0.353. The van der Waals surface area contributed by atoms with Gasteiger partial charge in [-0.3, -0.25) is 25.2 Å². The molecule has 0 aliphatic heterocycles. The van der Waals surface area contributed by atoms with Gasteiger partial charge in [0, 0.05) is 0 Å². The molecule has 1 fully saturated rings. The summed E-state index contributed by atoms with van der Waals surface area (Å²) in [5, 5.41) is 9.36. The molecule has 24 heavy (non-hydrogen) atoms. The molecule has 0 radical (unpaired) electrons. The second-order valence-corrected chi connectivity index (χ2v) is 5.98. The third-order valence-electron chi connectivity index (χ3n) is 4.70. The molecule has 7 nitrogen and oxygen atoms in total. The van der Waals surface area contributed by atoms with Crippen molar-refractivity contribution in [2.45, 2.75) is 6.42 Å². The monoisotopic (exact) mass is 330 g/mol. The molecule has 126 valence electrons. The van der Waals surface area contributed by atoms with Gasteiger partial charge in [-0.15, -0.1) is 0 Å². The standard InChI is InChI=1S/C17H18N2O5/c1-24-12-5-3-2-4-11(12)15(20)18-19-16(21)13-9-6-7-10(8-9)14(13)17(22)23/h2-7,9-10,13-14H,8H2,1H3,(H,18,20)(H,19,21)(H,22,23)/t9-,10+,13-,14+/m1/s1. The number of aliphatic carboxylic acids is 1. The van der Waals surface area contributed by atoms with Crippen molar-refractivity contribution < 1.29 is 24.2 Å². The first kappa shape index (κ1) is 16.0. The maximum atomic E-state index is 12.4. The van der Waals surface area contributed by atoms with Crippen LogP contribution in [0.4, 0.5) is 0 Å². The number of carbonyl (C=O) groups excluding carboxylic acids is 2. The normalized spacial score (nSPS) is 26.9. The van der Waals surface area contributed by atoms with Crippen LogP contribution in [0, 0.1) is 23.7 Å². The minimum Gasteiger partial charge on any atom is -0.496 e. The van der Waals surface area contributed by atoms with Crippen LogP contribution in [0.1, 0.15) is 16.8 Å². The molecule has 7 heteroatoms. The molecule has 2 aliphatic carbocycles. The van der Waals surface area contributed by atoms with E-state index < -0.39 is 29.6 Å². The molecule has 0 saturated heterocycles. The van der Waals surface area contributed by atoms with Crippen molar-refractivity contribution in [3.63, 3.8) is 0 Å². The van der Waals surface area contributed by atoms with Gasteiger partial charge >= 0.3 is 5.97 Å². The molecule has 2 bridgehead atoms. The van der Waals surface area contributed by atoms with E-state index in [2.05, 4.69) is 10.9 Å². The minimum atomic E-state index is -0.983. The number of hydrogen-bond acceptors (Lipinski definition) is 4. The van der Waals surface area contributed by atoms with Crippen LogP contribution in [0.2, 0.25) is 0 Å². The van der Waals surface area contributed by atoms with Crippen molar-refractivity contribution in [2.24, 2.45) is 23.7 Å². The van der Waals surface area contributed by atoms with Crippen molar-refractivity contribution in [1.82, 2.24) is 10.9 Å². The van der Waals surface area contributed by atoms with Gasteiger partial charge in [0.1, 0.15) is 5.75 Å². The van der Waals surface area contributed by atoms with E-state index in [-0.39, 0.29) is 17.4 Å². The van der Waals surface area contributed by atoms with Gasteiger partial charge in [0.2, 0.25) is 5.91 Å². The smallest absolute Gasteiger partial charge is 0.307 e. The van der Waals surface area contributed by atoms with E-state index in [0.717, 1.165) is 0 Å². The number of carboxylic acid groups (broad SMARTS) is 1. The molecule has 0 aromatic heterocycles. The van der Waals surface area contributed by atoms with Crippen LogP contribution < -0.4 is 15.6 Å². The number of hydrazine groups is 1. The topological polar surface area (TPSA) is 105 Å². The van der Waals surface area contributed by atoms with E-state index in [1.54, 1.807) is 24.3 Å². The maximum Gasteiger partial charge on any atom is 0.307 e. The Hall–Kier alpha value is -2.83. The molecule has 0 spiro atoms. The van der Waals surface area contributed by atoms with Crippen molar-refractivity contribution >= 4 is 17.8 Å². The van der Waals surface area contributed by atoms with Gasteiger partial charge < -0.3 is 9.84 Å². The Bertz CT molecular complexity index is 715. The van der Waals surface area contributed by atoms with E-state index in [1.165, 1.54) is 7.11 Å². The van der Waals surface area contributed by atoms with Gasteiger partial charge in [-0.05, 0) is 30.4 Å². The highest BCUT2D eigenvalue weighted by atomic mass is 16.5. The van der Waals surface area contributed by atoms with Gasteiger partial charge in [0.25, 0.3) is 5.91 Å². The van der Waals surface area contributed by atoms with E-state index >= 15 is 0 Å². The molecule has 3 N–H and O–H groups in total. The van der Waals surface area contributed by atoms with Gasteiger partial charge in [0.05, 0.1) is 24.5 Å². The molecule has 0 heterocycles. The number of amides is 2. The van der Waals surface area contributed by atoms with E-state index in [9.17, 15) is 19.5 Å². The molecule has 2 aliphatic rings. The number of nitrogens with one attached hydrogen (secondary N) is 2. The Balaban J connectivity index is 1.66. The zero-order chi connectivity index (χ0) is 17.3. The number of hydrogen-bond donors (Lipinski definition) is 3. The summed E-state index contributed by atoms with van der Waals surface area (Å²) in [6.07, 6.45) is 4.41. The summed E-state index contributed by atoms with van der Waals surface area (Å²) in [6, 6.07) is 6.62. The van der Waals surface area contributed by atoms with Crippen LogP contribution in [0.15, 0.2) is 36.4 Å². The van der Waals surface area contributed by atoms with Gasteiger partial charge in [-0.2, -0.15) is 0 Å². The van der Waals surface area contributed by atoms with Gasteiger partial charge in [-0.1, -0.05) is 24.3 Å². The van der Waals surface area contributed by atoms with Crippen molar-refractivity contribution in [1.29, 1.82) is 0 Å². The first-order valence-corrected chi connectivity index (χ1v) is 7.67. The SMILES string of the molecule is COc1ccccc1C(=O)NNC(=O)[C@H]1[C@@H](C(=O)O)[C@H]2C=C[C@@H]1C2. The van der Waals surface area contributed by atoms with Crippen LogP contribution in [0.3, 0.4) is 0 Å². The summed E-state index contributed by atoms with van der Waals surface area (Å²) in [7, 11) is 1.45. The fourth-order valence-electron chi connectivity index (χ4n) is 3.62. The van der Waals surface area contributed by atoms with Crippen LogP contribution >= 0.6 is 0 Å². The van der Waals surface area contributed by atoms with Crippen LogP contribution in [0.25, 0.3) is 0 Å². The zero-order valence-corrected chi connectivity index (χ0v) is 13.1. The molecule has 1 aromatic carbocycles. The third kappa shape index (κ3) is 2.73. The molecular formula is C17H18N2O5. The van der Waals surface area contributed by atoms with E-state index in [4.69, 9.17) is 4.74 Å². The largest absolute Gasteiger partial charge is 0.496 e. The maximum absolute atomic E-state index is 12.4. The number of carboxylic acids is 1. The lowest BCUT2D eigenvalue weighted by molar-refractivity contribution is -0.148. The Kier molecular flexibility index (Phi) is 4.24. The second kappa shape index (κ2) is 6.35. The highest BCUT2D eigenvalue weighted by molar-refractivity contribution is 5.98. The number of rotatable bonds is 4. The van der Waals surface area contributed by atoms with Crippen LogP contribution in [-0.2, 0) is 9.59 Å². The Labute approximate surface area is 138 Å². The highest BCUT2D eigenvalue weighted by Crippen LogP contribution is 2.48. The Morgan fingerprint density at radius 2 is 1.75 bits per heavy atom. The Morgan fingerprint density at radius 3 is 2.42 bits per heavy atom. The number of fused-ring (bicyclic) bond motifs is 2. The summed E-state index contributed by atoms with van der Waals surface area (Å²) in [5.41, 5.74) is 4.97. The van der Waals surface area contributed by atoms with Gasteiger partial charge in [0.15, 0.2) is 0 Å². The number of carbonyl (C=O) groups is 3. The summed E-state index contributed by atoms with van der Waals surface area (Å²) in [6.45, 7) is 0. The lowest BCUT2D eigenvalue weighted by atomic mass is 9.82. The molecule has 1 saturated carbocycles. The third-order valence-corrected chi connectivity index (χ3v) is 4.70. The Morgan fingerprint density at radius 1 is 1.08 bits per heavy atom. The second-order valence-electron chi connectivity index (χ2n) is 5.98. The molecule has 0 unspecified atom stereocenters. The van der Waals surface area contributed by atoms with Crippen LogP contribution in [-0.4, -0.2) is 30.0 Å². The molecule has 1 aromatic rings. The number of ether oxygens (including phenoxy) is 1. The molecule has 2 amide bonds. The number of allylic oxidation sites excluding steroid dienone is 2. The molecular weight excluding hydrogens is 312 g/mol. The van der Waals surface area contributed by atoms with Crippen LogP contribution in [0.5, 0.6) is 5.75 Å². The summed E-state index contributed by atoms with van der Waals surface area (Å²) in [4.78, 5) is 36.0. The first-order chi connectivity index (χ1) is 11.5. The average molecular weight is 330 g/mol. The van der Waals surface area contributed by atoms with Crippen molar-refractivity contribution in [3.05, 3.63) is 42.0 Å². The summed E-state index contributed by atoms with van der Waals surface area (Å²) >= 11 is 0. The van der Waals surface area contributed by atoms with Crippen molar-refractivity contribution in [3.8, 4) is 5.75 Å². The van der Waals surface area contributed by atoms with Crippen molar-refractivity contribution in [2.75, 3.05) is 7.11 Å². The first-order valence-electron chi connectivity index (χ1n) is 7.67. The number of para-hydroxylation sites is 1. The lowest BCUT2D eigenvalue weighted by Gasteiger charge is -2.23. The predicted molar refractivity (Wildman–Crippen MR) is 84.0 cm³/mol. The quantitative estimate of drug-likeness (QED) is 0.564. The minimum absolute atomic E-state index is 0.0979. The molecule has 3 rings (SSSR count). The average Bonchev–Trinajstić information content (AvgIpc) is 3.20. The van der Waals surface area contributed by atoms with E-state index in [1.807, 2.05) is 12.2 Å². The number of methoxy groups -OCH3 is 1. The predicted octanol–water partition coefficient (Wildman–Crippen LogP) is 0.979. The lowest BCUT2D eigenvalue weighted by Crippen LogP contribution is -2.48. The number of benzene rings is 1. The van der Waals surface area contributed by atoms with E-state index in [0.29, 0.717) is 12.2 Å².